The van der Waals surface area contributed by atoms with Crippen molar-refractivity contribution in [3.8, 4) is 11.3 Å². The number of hydrogen-bond acceptors (Lipinski definition) is 2. The molecule has 0 radical (unpaired) electrons. The van der Waals surface area contributed by atoms with E-state index in [-0.39, 0.29) is 13.5 Å². The van der Waals surface area contributed by atoms with Crippen LogP contribution in [-0.2, 0) is 6.18 Å². The van der Waals surface area contributed by atoms with Crippen molar-refractivity contribution in [2.75, 3.05) is 0 Å². The number of halogens is 3. The molecular weight excluding hydrogens is 277 g/mol. The molecule has 2 aromatic rings. The zero-order valence-electron chi connectivity index (χ0n) is 10.6. The average Bonchev–Trinajstić information content (AvgIpc) is 3.15. The van der Waals surface area contributed by atoms with Crippen LogP contribution in [0.15, 0.2) is 42.6 Å². The third kappa shape index (κ3) is 3.24. The number of aromatic nitrogens is 1. The van der Waals surface area contributed by atoms with Crippen LogP contribution in [0.5, 0.6) is 0 Å². The van der Waals surface area contributed by atoms with Crippen LogP contribution >= 0.6 is 0 Å². The van der Waals surface area contributed by atoms with E-state index in [1.165, 1.54) is 6.07 Å². The maximum atomic E-state index is 12.7. The summed E-state index contributed by atoms with van der Waals surface area (Å²) in [6, 6.07) is 9.02. The predicted molar refractivity (Wildman–Crippen MR) is 76.7 cm³/mol. The lowest BCUT2D eigenvalue weighted by Crippen LogP contribution is -2.04. The van der Waals surface area contributed by atoms with E-state index in [0.29, 0.717) is 17.2 Å². The SMILES string of the molecule is C.N[C@H]1C[C@@H]1c1ccc(-c2cccc(C(F)(F)F)c2)nc1. The van der Waals surface area contributed by atoms with E-state index in [0.717, 1.165) is 24.1 Å². The topological polar surface area (TPSA) is 38.9 Å². The van der Waals surface area contributed by atoms with Crippen LogP contribution < -0.4 is 5.73 Å². The van der Waals surface area contributed by atoms with Crippen molar-refractivity contribution >= 4 is 0 Å². The third-order valence-corrected chi connectivity index (χ3v) is 3.54. The lowest BCUT2D eigenvalue weighted by molar-refractivity contribution is -0.137. The van der Waals surface area contributed by atoms with Crippen molar-refractivity contribution in [2.45, 2.75) is 32.0 Å². The Morgan fingerprint density at radius 2 is 1.86 bits per heavy atom. The monoisotopic (exact) mass is 294 g/mol. The maximum absolute atomic E-state index is 12.7. The molecule has 0 aliphatic heterocycles. The minimum absolute atomic E-state index is 0. The zero-order chi connectivity index (χ0) is 14.3. The number of benzene rings is 1. The summed E-state index contributed by atoms with van der Waals surface area (Å²) in [6.07, 6.45) is -1.69. The van der Waals surface area contributed by atoms with Gasteiger partial charge in [-0.1, -0.05) is 25.6 Å². The van der Waals surface area contributed by atoms with Crippen LogP contribution in [-0.4, -0.2) is 11.0 Å². The van der Waals surface area contributed by atoms with Crippen LogP contribution in [0.3, 0.4) is 0 Å². The lowest BCUT2D eigenvalue weighted by Gasteiger charge is -2.08. The summed E-state index contributed by atoms with van der Waals surface area (Å²) in [5.41, 5.74) is 7.15. The third-order valence-electron chi connectivity index (χ3n) is 3.54. The fraction of sp³-hybridized carbons (Fsp3) is 0.312. The number of rotatable bonds is 2. The van der Waals surface area contributed by atoms with E-state index >= 15 is 0 Å². The highest BCUT2D eigenvalue weighted by molar-refractivity contribution is 5.60. The molecular formula is C16H17F3N2. The molecule has 0 unspecified atom stereocenters. The van der Waals surface area contributed by atoms with Gasteiger partial charge in [-0.3, -0.25) is 4.98 Å². The van der Waals surface area contributed by atoms with Crippen molar-refractivity contribution in [1.82, 2.24) is 4.98 Å². The lowest BCUT2D eigenvalue weighted by atomic mass is 10.1. The second-order valence-electron chi connectivity index (χ2n) is 5.06. The highest BCUT2D eigenvalue weighted by Gasteiger charge is 2.35. The molecule has 0 saturated heterocycles. The first-order valence-corrected chi connectivity index (χ1v) is 6.34. The number of nitrogens with two attached hydrogens (primary N) is 1. The van der Waals surface area contributed by atoms with Gasteiger partial charge < -0.3 is 5.73 Å². The normalized spacial score (nSPS) is 20.8. The quantitative estimate of drug-likeness (QED) is 0.900. The van der Waals surface area contributed by atoms with Crippen molar-refractivity contribution in [1.29, 1.82) is 0 Å². The molecule has 5 heteroatoms. The standard InChI is InChI=1S/C15H13F3N2.CH4/c16-15(17,18)11-3-1-2-9(6-11)14-5-4-10(8-20-14)12-7-13(12)19;/h1-6,8,12-13H,7,19H2;1H4/t12-,13+;/m1./s1. The summed E-state index contributed by atoms with van der Waals surface area (Å²) in [4.78, 5) is 4.24. The molecule has 2 nitrogen and oxygen atoms in total. The van der Waals surface area contributed by atoms with Crippen LogP contribution in [0.2, 0.25) is 0 Å². The smallest absolute Gasteiger partial charge is 0.327 e. The molecule has 21 heavy (non-hydrogen) atoms. The fourth-order valence-corrected chi connectivity index (χ4v) is 2.25. The Bertz CT molecular complexity index is 620. The summed E-state index contributed by atoms with van der Waals surface area (Å²) in [7, 11) is 0. The molecule has 0 bridgehead atoms. The first-order chi connectivity index (χ1) is 9.45. The van der Waals surface area contributed by atoms with Gasteiger partial charge in [0.25, 0.3) is 0 Å². The Morgan fingerprint density at radius 3 is 2.38 bits per heavy atom. The Balaban J connectivity index is 0.00000161. The van der Waals surface area contributed by atoms with Crippen LogP contribution in [0.4, 0.5) is 13.2 Å². The maximum Gasteiger partial charge on any atom is 0.416 e. The first kappa shape index (κ1) is 15.5. The van der Waals surface area contributed by atoms with Crippen molar-refractivity contribution < 1.29 is 13.2 Å². The average molecular weight is 294 g/mol. The fourth-order valence-electron chi connectivity index (χ4n) is 2.25. The van der Waals surface area contributed by atoms with E-state index in [2.05, 4.69) is 4.98 Å². The molecule has 2 atom stereocenters. The molecule has 1 fully saturated rings. The first-order valence-electron chi connectivity index (χ1n) is 6.34. The number of pyridine rings is 1. The zero-order valence-corrected chi connectivity index (χ0v) is 10.6. The molecule has 1 saturated carbocycles. The van der Waals surface area contributed by atoms with Gasteiger partial charge in [0, 0.05) is 23.7 Å². The summed E-state index contributed by atoms with van der Waals surface area (Å²) in [6.45, 7) is 0. The van der Waals surface area contributed by atoms with Gasteiger partial charge in [0.2, 0.25) is 0 Å². The van der Waals surface area contributed by atoms with E-state index in [1.807, 2.05) is 6.07 Å². The van der Waals surface area contributed by atoms with Crippen LogP contribution in [0.1, 0.15) is 30.9 Å². The molecule has 0 spiro atoms. The summed E-state index contributed by atoms with van der Waals surface area (Å²) >= 11 is 0. The molecule has 1 aliphatic carbocycles. The van der Waals surface area contributed by atoms with E-state index < -0.39 is 11.7 Å². The Kier molecular flexibility index (Phi) is 4.05. The number of nitrogens with zero attached hydrogens (tertiary/aromatic N) is 1. The molecule has 0 amide bonds. The summed E-state index contributed by atoms with van der Waals surface area (Å²) < 4.78 is 38.0. The molecule has 112 valence electrons. The second kappa shape index (κ2) is 5.48. The highest BCUT2D eigenvalue weighted by Crippen LogP contribution is 2.39. The van der Waals surface area contributed by atoms with Gasteiger partial charge in [-0.05, 0) is 30.2 Å². The van der Waals surface area contributed by atoms with Gasteiger partial charge in [-0.15, -0.1) is 0 Å². The molecule has 1 aromatic heterocycles. The molecule has 1 aliphatic rings. The number of alkyl halides is 3. The second-order valence-corrected chi connectivity index (χ2v) is 5.06. The Hall–Kier alpha value is -1.88. The predicted octanol–water partition coefficient (Wildman–Crippen LogP) is 4.22. The molecule has 2 N–H and O–H groups in total. The van der Waals surface area contributed by atoms with Crippen molar-refractivity contribution in [2.24, 2.45) is 5.73 Å². The number of hydrogen-bond donors (Lipinski definition) is 1. The molecule has 1 aromatic carbocycles. The van der Waals surface area contributed by atoms with E-state index in [1.54, 1.807) is 18.3 Å². The van der Waals surface area contributed by atoms with Crippen LogP contribution in [0.25, 0.3) is 11.3 Å². The largest absolute Gasteiger partial charge is 0.416 e. The summed E-state index contributed by atoms with van der Waals surface area (Å²) in [5.74, 6) is 0.345. The minimum atomic E-state index is -4.34. The van der Waals surface area contributed by atoms with Gasteiger partial charge in [0.1, 0.15) is 0 Å². The van der Waals surface area contributed by atoms with Gasteiger partial charge in [0.15, 0.2) is 0 Å². The van der Waals surface area contributed by atoms with E-state index in [9.17, 15) is 13.2 Å². The van der Waals surface area contributed by atoms with Gasteiger partial charge in [-0.25, -0.2) is 0 Å². The van der Waals surface area contributed by atoms with Crippen LogP contribution in [0, 0.1) is 0 Å². The van der Waals surface area contributed by atoms with Gasteiger partial charge in [-0.2, -0.15) is 13.2 Å². The van der Waals surface area contributed by atoms with Crippen molar-refractivity contribution in [3.63, 3.8) is 0 Å². The summed E-state index contributed by atoms with van der Waals surface area (Å²) in [5, 5.41) is 0. The van der Waals surface area contributed by atoms with Crippen molar-refractivity contribution in [3.05, 3.63) is 53.7 Å². The van der Waals surface area contributed by atoms with E-state index in [4.69, 9.17) is 5.73 Å². The minimum Gasteiger partial charge on any atom is -0.327 e. The Labute approximate surface area is 121 Å². The Morgan fingerprint density at radius 1 is 1.14 bits per heavy atom. The molecule has 3 rings (SSSR count). The van der Waals surface area contributed by atoms with Gasteiger partial charge in [0.05, 0.1) is 11.3 Å². The van der Waals surface area contributed by atoms with Gasteiger partial charge >= 0.3 is 6.18 Å². The highest BCUT2D eigenvalue weighted by atomic mass is 19.4. The molecule has 1 heterocycles.